The number of methoxy groups -OCH3 is 1. The maximum absolute atomic E-state index is 12.7. The Balaban J connectivity index is 0.00000423. The van der Waals surface area contributed by atoms with Crippen LogP contribution in [-0.2, 0) is 40.6 Å². The lowest BCUT2D eigenvalue weighted by atomic mass is 9.98. The summed E-state index contributed by atoms with van der Waals surface area (Å²) in [5.74, 6) is -1.63. The number of fused-ring (bicyclic) bond motifs is 3. The molecule has 5 aromatic rings. The van der Waals surface area contributed by atoms with E-state index in [-0.39, 0.29) is 29.3 Å². The van der Waals surface area contributed by atoms with Crippen molar-refractivity contribution < 1.29 is 45.7 Å². The SMILES string of the molecule is COc1ccc(-[s+]2c3ccccc3c3ccccc32)cc1CC(=O)OCC(=O)OCC(=O)OC(C)(C)c1ccccc1.[Cl-]. The van der Waals surface area contributed by atoms with E-state index in [2.05, 4.69) is 24.3 Å². The Hall–Kier alpha value is -4.40. The highest BCUT2D eigenvalue weighted by Gasteiger charge is 2.27. The maximum Gasteiger partial charge on any atom is 0.345 e. The van der Waals surface area contributed by atoms with Gasteiger partial charge in [-0.25, -0.2) is 9.59 Å². The Bertz CT molecular complexity index is 1710. The van der Waals surface area contributed by atoms with E-state index in [1.165, 1.54) is 20.2 Å². The van der Waals surface area contributed by atoms with E-state index in [4.69, 9.17) is 18.9 Å². The lowest BCUT2D eigenvalue weighted by Gasteiger charge is -2.25. The molecule has 0 saturated heterocycles. The molecule has 0 bridgehead atoms. The molecule has 0 aliphatic heterocycles. The average molecular weight is 619 g/mol. The fraction of sp³-hybridized carbons (Fsp3) is 0.206. The van der Waals surface area contributed by atoms with Gasteiger partial charge in [-0.1, -0.05) is 54.6 Å². The number of carbonyl (C=O) groups is 3. The molecule has 0 spiro atoms. The minimum absolute atomic E-state index is 0. The van der Waals surface area contributed by atoms with Crippen LogP contribution in [-0.4, -0.2) is 38.2 Å². The number of ether oxygens (including phenoxy) is 4. The molecule has 7 nitrogen and oxygen atoms in total. The number of esters is 3. The molecule has 0 aliphatic carbocycles. The molecule has 1 aromatic heterocycles. The predicted molar refractivity (Wildman–Crippen MR) is 163 cm³/mol. The van der Waals surface area contributed by atoms with Crippen LogP contribution in [0.1, 0.15) is 25.0 Å². The summed E-state index contributed by atoms with van der Waals surface area (Å²) >= 11 is 0. The highest BCUT2D eigenvalue weighted by atomic mass is 35.5. The van der Waals surface area contributed by atoms with E-state index in [1.807, 2.05) is 72.8 Å². The minimum Gasteiger partial charge on any atom is -1.00 e. The molecule has 0 saturated carbocycles. The van der Waals surface area contributed by atoms with Gasteiger partial charge in [-0.05, 0) is 49.7 Å². The highest BCUT2D eigenvalue weighted by Crippen LogP contribution is 2.48. The van der Waals surface area contributed by atoms with Crippen LogP contribution in [0.3, 0.4) is 0 Å². The van der Waals surface area contributed by atoms with E-state index in [0.717, 1.165) is 10.5 Å². The van der Waals surface area contributed by atoms with Gasteiger partial charge in [-0.15, -0.1) is 0 Å². The predicted octanol–water partition coefficient (Wildman–Crippen LogP) is 3.85. The van der Waals surface area contributed by atoms with Crippen molar-refractivity contribution >= 4 is 48.6 Å². The molecule has 1 heterocycles. The van der Waals surface area contributed by atoms with Crippen LogP contribution in [0.2, 0.25) is 0 Å². The molecule has 4 aromatic carbocycles. The lowest BCUT2D eigenvalue weighted by Crippen LogP contribution is -3.00. The van der Waals surface area contributed by atoms with Crippen LogP contribution in [0.25, 0.3) is 25.1 Å². The summed E-state index contributed by atoms with van der Waals surface area (Å²) in [4.78, 5) is 38.2. The lowest BCUT2D eigenvalue weighted by molar-refractivity contribution is -0.171. The molecule has 0 amide bonds. The van der Waals surface area contributed by atoms with Gasteiger partial charge in [-0.3, -0.25) is 4.79 Å². The average Bonchev–Trinajstić information content (AvgIpc) is 3.33. The number of thiophene rings is 1. The van der Waals surface area contributed by atoms with Gasteiger partial charge in [0.05, 0.1) is 13.5 Å². The molecule has 0 fully saturated rings. The fourth-order valence-corrected chi connectivity index (χ4v) is 7.30. The molecule has 222 valence electrons. The van der Waals surface area contributed by atoms with E-state index in [1.54, 1.807) is 21.0 Å². The Labute approximate surface area is 258 Å². The third kappa shape index (κ3) is 7.16. The van der Waals surface area contributed by atoms with Gasteiger partial charge in [0.25, 0.3) is 0 Å². The highest BCUT2D eigenvalue weighted by molar-refractivity contribution is 7.50. The number of halogens is 1. The maximum atomic E-state index is 12.7. The zero-order valence-corrected chi connectivity index (χ0v) is 25.6. The third-order valence-electron chi connectivity index (χ3n) is 6.87. The molecular weight excluding hydrogens is 588 g/mol. The van der Waals surface area contributed by atoms with Crippen molar-refractivity contribution in [1.82, 2.24) is 0 Å². The van der Waals surface area contributed by atoms with Crippen LogP contribution in [0, 0.1) is 0 Å². The van der Waals surface area contributed by atoms with Crippen LogP contribution < -0.4 is 17.1 Å². The molecule has 0 atom stereocenters. The molecule has 9 heteroatoms. The Morgan fingerprint density at radius 2 is 1.26 bits per heavy atom. The standard InChI is InChI=1S/C34H31O7S.ClH/c1-34(2,24-11-5-4-6-12-24)41-33(37)22-40-32(36)21-39-31(35)20-23-19-25(17-18-28(23)38-3)42-29-15-9-7-13-26(29)27-14-8-10-16-30(27)42;/h4-19H,20-22H2,1-3H3;1H/q+1;/p-1. The Kier molecular flexibility index (Phi) is 10.1. The molecule has 43 heavy (non-hydrogen) atoms. The first-order valence-corrected chi connectivity index (χ1v) is 14.7. The van der Waals surface area contributed by atoms with Gasteiger partial charge in [0.2, 0.25) is 0 Å². The monoisotopic (exact) mass is 618 g/mol. The number of rotatable bonds is 10. The zero-order chi connectivity index (χ0) is 29.7. The normalized spacial score (nSPS) is 11.0. The van der Waals surface area contributed by atoms with Gasteiger partial charge in [-0.2, -0.15) is 0 Å². The molecular formula is C34H31ClO7S. The van der Waals surface area contributed by atoms with Gasteiger partial charge >= 0.3 is 17.9 Å². The molecule has 0 N–H and O–H groups in total. The van der Waals surface area contributed by atoms with E-state index in [0.29, 0.717) is 11.3 Å². The van der Waals surface area contributed by atoms with Gasteiger partial charge in [0.1, 0.15) is 11.4 Å². The summed E-state index contributed by atoms with van der Waals surface area (Å²) < 4.78 is 23.6. The summed E-state index contributed by atoms with van der Waals surface area (Å²) in [6, 6.07) is 31.8. The molecule has 0 aliphatic rings. The number of hydrogen-bond acceptors (Lipinski definition) is 7. The smallest absolute Gasteiger partial charge is 0.345 e. The Morgan fingerprint density at radius 1 is 0.698 bits per heavy atom. The summed E-state index contributed by atoms with van der Waals surface area (Å²) in [6.07, 6.45) is -0.0991. The Morgan fingerprint density at radius 3 is 1.88 bits per heavy atom. The second-order valence-corrected chi connectivity index (χ2v) is 12.1. The van der Waals surface area contributed by atoms with E-state index in [9.17, 15) is 14.4 Å². The van der Waals surface area contributed by atoms with Crippen molar-refractivity contribution in [2.75, 3.05) is 20.3 Å². The van der Waals surface area contributed by atoms with Crippen molar-refractivity contribution in [3.8, 4) is 10.6 Å². The van der Waals surface area contributed by atoms with Crippen molar-refractivity contribution in [3.63, 3.8) is 0 Å². The first-order valence-electron chi connectivity index (χ1n) is 13.4. The number of carbonyl (C=O) groups excluding carboxylic acids is 3. The molecule has 0 unspecified atom stereocenters. The van der Waals surface area contributed by atoms with Crippen molar-refractivity contribution in [2.24, 2.45) is 0 Å². The second-order valence-electron chi connectivity index (χ2n) is 10.1. The van der Waals surface area contributed by atoms with Crippen molar-refractivity contribution in [3.05, 3.63) is 108 Å². The fourth-order valence-electron chi connectivity index (χ4n) is 4.87. The van der Waals surface area contributed by atoms with E-state index >= 15 is 0 Å². The zero-order valence-electron chi connectivity index (χ0n) is 24.0. The van der Waals surface area contributed by atoms with Crippen LogP contribution in [0.5, 0.6) is 5.75 Å². The van der Waals surface area contributed by atoms with Gasteiger partial charge < -0.3 is 31.4 Å². The summed E-state index contributed by atoms with van der Waals surface area (Å²) in [6.45, 7) is 2.28. The topological polar surface area (TPSA) is 88.1 Å². The summed E-state index contributed by atoms with van der Waals surface area (Å²) in [5, 5.41) is 2.42. The third-order valence-corrected chi connectivity index (χ3v) is 9.18. The summed E-state index contributed by atoms with van der Waals surface area (Å²) in [7, 11) is 1.20. The van der Waals surface area contributed by atoms with Crippen LogP contribution >= 0.6 is 10.5 Å². The molecule has 5 rings (SSSR count). The molecule has 0 radical (unpaired) electrons. The van der Waals surface area contributed by atoms with Gasteiger partial charge in [0, 0.05) is 38.9 Å². The van der Waals surface area contributed by atoms with Crippen molar-refractivity contribution in [1.29, 1.82) is 0 Å². The quantitative estimate of drug-likeness (QED) is 0.133. The van der Waals surface area contributed by atoms with Crippen LogP contribution in [0.15, 0.2) is 97.1 Å². The van der Waals surface area contributed by atoms with E-state index < -0.39 is 36.7 Å². The second kappa shape index (κ2) is 13.7. The number of benzene rings is 4. The van der Waals surface area contributed by atoms with Crippen molar-refractivity contribution in [2.45, 2.75) is 25.9 Å². The first-order chi connectivity index (χ1) is 20.3. The number of hydrogen-bond donors (Lipinski definition) is 0. The van der Waals surface area contributed by atoms with Crippen LogP contribution in [0.4, 0.5) is 0 Å². The largest absolute Gasteiger partial charge is 1.00 e. The first kappa shape index (κ1) is 31.5. The minimum atomic E-state index is -0.895. The van der Waals surface area contributed by atoms with Gasteiger partial charge in [0.15, 0.2) is 27.5 Å². The summed E-state index contributed by atoms with van der Waals surface area (Å²) in [5.41, 5.74) is 0.558.